The molecule has 0 aromatic carbocycles. The van der Waals surface area contributed by atoms with Crippen LogP contribution in [0.1, 0.15) is 0 Å². The van der Waals surface area contributed by atoms with Gasteiger partial charge in [0, 0.05) is 36.8 Å². The van der Waals surface area contributed by atoms with Crippen LogP contribution >= 0.6 is 21.6 Å². The van der Waals surface area contributed by atoms with Crippen molar-refractivity contribution in [2.24, 2.45) is 7.05 Å². The van der Waals surface area contributed by atoms with Gasteiger partial charge in [-0.25, -0.2) is 15.0 Å². The van der Waals surface area contributed by atoms with Gasteiger partial charge in [-0.2, -0.15) is 0 Å². The molecule has 22 heavy (non-hydrogen) atoms. The monoisotopic (exact) mass is 343 g/mol. The number of ether oxygens (including phenoxy) is 1. The third-order valence-electron chi connectivity index (χ3n) is 3.16. The lowest BCUT2D eigenvalue weighted by Gasteiger charge is -2.24. The molecular weight excluding hydrogens is 322 g/mol. The average molecular weight is 344 g/mol. The molecule has 7 heteroatoms. The van der Waals surface area contributed by atoms with Crippen LogP contribution < -0.4 is 5.56 Å². The van der Waals surface area contributed by atoms with Gasteiger partial charge >= 0.3 is 0 Å². The summed E-state index contributed by atoms with van der Waals surface area (Å²) in [6, 6.07) is 3.27. The molecule has 122 valence electrons. The van der Waals surface area contributed by atoms with Crippen molar-refractivity contribution in [2.45, 2.75) is 6.73 Å². The van der Waals surface area contributed by atoms with Gasteiger partial charge in [-0.1, -0.05) is 11.6 Å². The summed E-state index contributed by atoms with van der Waals surface area (Å²) in [4.78, 5) is 15.8. The van der Waals surface area contributed by atoms with Gasteiger partial charge in [-0.15, -0.1) is 0 Å². The molecule has 0 bridgehead atoms. The van der Waals surface area contributed by atoms with E-state index in [1.807, 2.05) is 4.57 Å². The predicted molar refractivity (Wildman–Crippen MR) is 94.1 cm³/mol. The quantitative estimate of drug-likeness (QED) is 0.757. The molecule has 0 fully saturated rings. The minimum atomic E-state index is -0.560. The summed E-state index contributed by atoms with van der Waals surface area (Å²) in [5, 5.41) is 0.411. The topological polar surface area (TPSA) is 49.0 Å². The summed E-state index contributed by atoms with van der Waals surface area (Å²) in [5.74, 6) is 1.76. The highest BCUT2D eigenvalue weighted by atomic mass is 35.5. The van der Waals surface area contributed by atoms with Crippen LogP contribution in [0.25, 0.3) is 11.4 Å². The maximum Gasteiger partial charge on any atom is 0.250 e. The normalized spacial score (nSPS) is 12.6. The van der Waals surface area contributed by atoms with E-state index in [-0.39, 0.29) is 5.56 Å². The van der Waals surface area contributed by atoms with Crippen LogP contribution in [0.5, 0.6) is 0 Å². The highest BCUT2D eigenvalue weighted by Crippen LogP contribution is 2.33. The molecule has 0 radical (unpaired) electrons. The van der Waals surface area contributed by atoms with E-state index in [0.717, 1.165) is 11.3 Å². The van der Waals surface area contributed by atoms with Gasteiger partial charge in [0.1, 0.15) is 17.7 Å². The number of aryl methyl sites for hydroxylation is 1. The zero-order valence-electron chi connectivity index (χ0n) is 13.4. The van der Waals surface area contributed by atoms with E-state index in [1.54, 1.807) is 25.5 Å². The largest absolute Gasteiger partial charge is 0.360 e. The first-order valence-electron chi connectivity index (χ1n) is 6.90. The molecule has 2 aromatic rings. The Kier molecular flexibility index (Phi) is 5.36. The van der Waals surface area contributed by atoms with Gasteiger partial charge < -0.3 is 13.9 Å². The molecule has 5 nitrogen and oxygen atoms in total. The smallest absolute Gasteiger partial charge is 0.250 e. The maximum atomic E-state index is 11.5. The van der Waals surface area contributed by atoms with E-state index in [9.17, 15) is 4.79 Å². The van der Waals surface area contributed by atoms with Crippen LogP contribution in [-0.4, -0.2) is 45.2 Å². The summed E-state index contributed by atoms with van der Waals surface area (Å²) in [6.45, 7) is 1.11. The van der Waals surface area contributed by atoms with Crippen LogP contribution in [-0.2, 0) is 18.5 Å². The highest BCUT2D eigenvalue weighted by molar-refractivity contribution is 8.32. The van der Waals surface area contributed by atoms with Gasteiger partial charge in [-0.3, -0.25) is 4.79 Å². The number of halogens is 1. The van der Waals surface area contributed by atoms with E-state index < -0.39 is 10.0 Å². The average Bonchev–Trinajstić information content (AvgIpc) is 2.78. The zero-order valence-corrected chi connectivity index (χ0v) is 14.9. The van der Waals surface area contributed by atoms with Gasteiger partial charge in [0.25, 0.3) is 0 Å². The molecule has 0 amide bonds. The van der Waals surface area contributed by atoms with Crippen molar-refractivity contribution in [3.8, 4) is 11.4 Å². The molecular formula is C15H22ClN3O2S. The zero-order chi connectivity index (χ0) is 16.3. The number of hydrogen-bond acceptors (Lipinski definition) is 3. The molecule has 0 aliphatic carbocycles. The first-order valence-corrected chi connectivity index (χ1v) is 10.3. The van der Waals surface area contributed by atoms with Gasteiger partial charge in [0.15, 0.2) is 0 Å². The highest BCUT2D eigenvalue weighted by Gasteiger charge is 2.11. The van der Waals surface area contributed by atoms with Crippen LogP contribution in [0.4, 0.5) is 0 Å². The molecule has 0 spiro atoms. The number of aromatic nitrogens is 3. The lowest BCUT2D eigenvalue weighted by atomic mass is 10.2. The lowest BCUT2D eigenvalue weighted by molar-refractivity contribution is 0.0907. The van der Waals surface area contributed by atoms with E-state index >= 15 is 0 Å². The van der Waals surface area contributed by atoms with Crippen molar-refractivity contribution in [1.29, 1.82) is 0 Å². The Hall–Kier alpha value is -1.24. The third kappa shape index (κ3) is 4.63. The van der Waals surface area contributed by atoms with Gasteiger partial charge in [-0.05, 0) is 24.8 Å². The Balaban J connectivity index is 2.13. The maximum absolute atomic E-state index is 11.5. The predicted octanol–water partition coefficient (Wildman–Crippen LogP) is 2.57. The Labute approximate surface area is 137 Å². The minimum absolute atomic E-state index is 0.0580. The van der Waals surface area contributed by atoms with E-state index in [1.165, 1.54) is 10.6 Å². The summed E-state index contributed by atoms with van der Waals surface area (Å²) in [6.07, 6.45) is 10.3. The van der Waals surface area contributed by atoms with Crippen molar-refractivity contribution >= 4 is 21.6 Å². The summed E-state index contributed by atoms with van der Waals surface area (Å²) < 4.78 is 9.12. The first-order chi connectivity index (χ1) is 10.3. The lowest BCUT2D eigenvalue weighted by Crippen LogP contribution is -2.15. The Bertz CT molecular complexity index is 704. The Morgan fingerprint density at radius 1 is 1.27 bits per heavy atom. The van der Waals surface area contributed by atoms with E-state index in [0.29, 0.717) is 24.3 Å². The molecule has 0 aliphatic heterocycles. The fourth-order valence-electron chi connectivity index (χ4n) is 1.91. The molecule has 0 unspecified atom stereocenters. The van der Waals surface area contributed by atoms with Crippen molar-refractivity contribution in [3.05, 3.63) is 40.0 Å². The molecule has 0 saturated carbocycles. The summed E-state index contributed by atoms with van der Waals surface area (Å²) in [5.41, 5.74) is 0.774. The molecule has 0 saturated heterocycles. The van der Waals surface area contributed by atoms with Crippen molar-refractivity contribution in [2.75, 3.05) is 31.1 Å². The summed E-state index contributed by atoms with van der Waals surface area (Å²) in [7, 11) is 1.15. The van der Waals surface area contributed by atoms with Gasteiger partial charge in [0.05, 0.1) is 6.61 Å². The number of rotatable bonds is 6. The van der Waals surface area contributed by atoms with E-state index in [4.69, 9.17) is 16.3 Å². The molecule has 0 N–H and O–H groups in total. The third-order valence-corrected chi connectivity index (χ3v) is 4.74. The second-order valence-electron chi connectivity index (χ2n) is 6.06. The van der Waals surface area contributed by atoms with Gasteiger partial charge in [0.2, 0.25) is 5.56 Å². The van der Waals surface area contributed by atoms with Crippen LogP contribution in [0, 0.1) is 0 Å². The van der Waals surface area contributed by atoms with Crippen molar-refractivity contribution in [3.63, 3.8) is 0 Å². The number of imidazole rings is 1. The fourth-order valence-corrected chi connectivity index (χ4v) is 2.73. The first kappa shape index (κ1) is 17.1. The van der Waals surface area contributed by atoms with Crippen molar-refractivity contribution in [1.82, 2.24) is 14.1 Å². The van der Waals surface area contributed by atoms with Crippen LogP contribution in [0.15, 0.2) is 29.3 Å². The minimum Gasteiger partial charge on any atom is -0.360 e. The molecule has 0 atom stereocenters. The Morgan fingerprint density at radius 3 is 2.64 bits per heavy atom. The number of hydrogen-bond donors (Lipinski definition) is 0. The Morgan fingerprint density at radius 2 is 2.00 bits per heavy atom. The van der Waals surface area contributed by atoms with E-state index in [2.05, 4.69) is 23.8 Å². The molecule has 2 aromatic heterocycles. The standard InChI is InChI=1S/C15H22ClN3O2S/c1-18-9-12(5-6-14(18)20)15-17-13(16)10-19(15)11-21-7-8-22(2,3)4/h5-6,9-10H,7-8,11H2,1-4H3. The molecule has 2 rings (SSSR count). The van der Waals surface area contributed by atoms with Crippen molar-refractivity contribution < 1.29 is 4.74 Å². The van der Waals surface area contributed by atoms with Crippen LogP contribution in [0.3, 0.4) is 0 Å². The SMILES string of the molecule is Cn1cc(-c2nc(Cl)cn2COCCS(C)(C)C)ccc1=O. The number of pyridine rings is 1. The number of nitrogens with zero attached hydrogens (tertiary/aromatic N) is 3. The van der Waals surface area contributed by atoms with Crippen LogP contribution in [0.2, 0.25) is 5.15 Å². The second-order valence-corrected chi connectivity index (χ2v) is 11.0. The summed E-state index contributed by atoms with van der Waals surface area (Å²) >= 11 is 6.02. The molecule has 0 aliphatic rings. The second kappa shape index (κ2) is 6.89. The molecule has 2 heterocycles. The fraction of sp³-hybridized carbons (Fsp3) is 0.467.